The molecule has 1 unspecified atom stereocenters. The number of hydrogen-bond acceptors (Lipinski definition) is 8. The van der Waals surface area contributed by atoms with E-state index in [-0.39, 0.29) is 25.7 Å². The SMILES string of the molecule is CCCCCCCC(=O)N[C@H]1[C@H](OC[C@H](O)CN=[N+]=[N-])O[C@@H]2COC(c3ccccc3)O[C@H]2[C@@H]1O. The van der Waals surface area contributed by atoms with Crippen LogP contribution in [0.1, 0.15) is 57.3 Å². The van der Waals surface area contributed by atoms with Gasteiger partial charge in [-0.1, -0.05) is 68.1 Å². The molecule has 3 rings (SSSR count). The summed E-state index contributed by atoms with van der Waals surface area (Å²) in [5.74, 6) is -0.220. The predicted octanol–water partition coefficient (Wildman–Crippen LogP) is 2.72. The summed E-state index contributed by atoms with van der Waals surface area (Å²) in [4.78, 5) is 15.3. The second-order valence-corrected chi connectivity index (χ2v) is 8.87. The smallest absolute Gasteiger partial charge is 0.220 e. The number of nitrogens with zero attached hydrogens (tertiary/aromatic N) is 3. The lowest BCUT2D eigenvalue weighted by molar-refractivity contribution is -0.345. The van der Waals surface area contributed by atoms with Crippen molar-refractivity contribution in [3.05, 3.63) is 46.3 Å². The van der Waals surface area contributed by atoms with E-state index in [2.05, 4.69) is 22.3 Å². The molecule has 0 saturated carbocycles. The first-order valence-corrected chi connectivity index (χ1v) is 12.3. The lowest BCUT2D eigenvalue weighted by Crippen LogP contribution is -2.67. The van der Waals surface area contributed by atoms with E-state index in [0.717, 1.165) is 37.7 Å². The van der Waals surface area contributed by atoms with Crippen molar-refractivity contribution in [2.75, 3.05) is 19.8 Å². The molecule has 0 bridgehead atoms. The van der Waals surface area contributed by atoms with Crippen LogP contribution in [0.15, 0.2) is 35.4 Å². The number of carbonyl (C=O) groups excluding carboxylic acids is 1. The molecule has 194 valence electrons. The van der Waals surface area contributed by atoms with Gasteiger partial charge in [-0.3, -0.25) is 4.79 Å². The zero-order valence-electron chi connectivity index (χ0n) is 20.1. The third-order valence-electron chi connectivity index (χ3n) is 6.08. The monoisotopic (exact) mass is 492 g/mol. The van der Waals surface area contributed by atoms with E-state index in [1.807, 2.05) is 30.3 Å². The molecular formula is C24H36N4O7. The summed E-state index contributed by atoms with van der Waals surface area (Å²) in [6.07, 6.45) is 0.0740. The van der Waals surface area contributed by atoms with Gasteiger partial charge in [0.2, 0.25) is 5.91 Å². The topological polar surface area (TPSA) is 155 Å². The number of fused-ring (bicyclic) bond motifs is 1. The minimum absolute atomic E-state index is 0.153. The summed E-state index contributed by atoms with van der Waals surface area (Å²) < 4.78 is 23.6. The Bertz CT molecular complexity index is 823. The van der Waals surface area contributed by atoms with Crippen molar-refractivity contribution in [1.82, 2.24) is 5.32 Å². The predicted molar refractivity (Wildman–Crippen MR) is 126 cm³/mol. The van der Waals surface area contributed by atoms with E-state index in [9.17, 15) is 15.0 Å². The molecule has 1 aromatic rings. The van der Waals surface area contributed by atoms with Gasteiger partial charge in [-0.25, -0.2) is 0 Å². The van der Waals surface area contributed by atoms with Gasteiger partial charge in [0.1, 0.15) is 24.4 Å². The van der Waals surface area contributed by atoms with E-state index < -0.39 is 43.0 Å². The average molecular weight is 493 g/mol. The molecule has 2 aliphatic heterocycles. The van der Waals surface area contributed by atoms with Crippen LogP contribution in [0.4, 0.5) is 0 Å². The first-order valence-electron chi connectivity index (χ1n) is 12.3. The van der Waals surface area contributed by atoms with Crippen LogP contribution in [0.5, 0.6) is 0 Å². The Hall–Kier alpha value is -2.24. The highest BCUT2D eigenvalue weighted by Gasteiger charge is 2.50. The minimum atomic E-state index is -1.13. The lowest BCUT2D eigenvalue weighted by Gasteiger charge is -2.48. The van der Waals surface area contributed by atoms with E-state index >= 15 is 0 Å². The van der Waals surface area contributed by atoms with Crippen molar-refractivity contribution in [1.29, 1.82) is 0 Å². The average Bonchev–Trinajstić information content (AvgIpc) is 2.88. The van der Waals surface area contributed by atoms with Crippen LogP contribution >= 0.6 is 0 Å². The highest BCUT2D eigenvalue weighted by atomic mass is 16.7. The van der Waals surface area contributed by atoms with Crippen molar-refractivity contribution in [3.8, 4) is 0 Å². The molecule has 0 aliphatic carbocycles. The summed E-state index contributed by atoms with van der Waals surface area (Å²) in [5, 5.41) is 27.4. The molecule has 0 spiro atoms. The molecule has 2 aliphatic rings. The van der Waals surface area contributed by atoms with Crippen LogP contribution in [0, 0.1) is 0 Å². The van der Waals surface area contributed by atoms with Crippen molar-refractivity contribution in [2.24, 2.45) is 5.11 Å². The van der Waals surface area contributed by atoms with Crippen LogP contribution in [-0.4, -0.2) is 72.6 Å². The van der Waals surface area contributed by atoms with Gasteiger partial charge < -0.3 is 34.5 Å². The van der Waals surface area contributed by atoms with Gasteiger partial charge >= 0.3 is 0 Å². The van der Waals surface area contributed by atoms with Crippen LogP contribution in [0.25, 0.3) is 10.4 Å². The molecule has 11 heteroatoms. The summed E-state index contributed by atoms with van der Waals surface area (Å²) in [6.45, 7) is 1.92. The third-order valence-corrected chi connectivity index (χ3v) is 6.08. The van der Waals surface area contributed by atoms with Gasteiger partial charge in [0.25, 0.3) is 0 Å². The fourth-order valence-electron chi connectivity index (χ4n) is 4.20. The molecule has 0 radical (unpaired) electrons. The number of carbonyl (C=O) groups is 1. The van der Waals surface area contributed by atoms with Gasteiger partial charge in [-0.2, -0.15) is 0 Å². The minimum Gasteiger partial charge on any atom is -0.391 e. The zero-order valence-corrected chi connectivity index (χ0v) is 20.1. The summed E-state index contributed by atoms with van der Waals surface area (Å²) in [5.41, 5.74) is 9.24. The first kappa shape index (κ1) is 27.3. The number of ether oxygens (including phenoxy) is 4. The molecular weight excluding hydrogens is 456 g/mol. The number of azide groups is 1. The number of hydrogen-bond donors (Lipinski definition) is 3. The number of benzene rings is 1. The van der Waals surface area contributed by atoms with Gasteiger partial charge in [0.05, 0.1) is 25.9 Å². The quantitative estimate of drug-likeness (QED) is 0.165. The van der Waals surface area contributed by atoms with Crippen molar-refractivity contribution in [2.45, 2.75) is 88.5 Å². The number of rotatable bonds is 13. The van der Waals surface area contributed by atoms with Crippen molar-refractivity contribution >= 4 is 5.91 Å². The van der Waals surface area contributed by atoms with Gasteiger partial charge in [-0.15, -0.1) is 0 Å². The van der Waals surface area contributed by atoms with Crippen LogP contribution in [-0.2, 0) is 23.7 Å². The third kappa shape index (κ3) is 8.15. The Morgan fingerprint density at radius 3 is 2.77 bits per heavy atom. The van der Waals surface area contributed by atoms with Gasteiger partial charge in [-0.05, 0) is 12.0 Å². The Kier molecular flexibility index (Phi) is 11.2. The Labute approximate surface area is 205 Å². The molecule has 0 aromatic heterocycles. The Morgan fingerprint density at radius 1 is 1.26 bits per heavy atom. The maximum Gasteiger partial charge on any atom is 0.220 e. The molecule has 2 heterocycles. The molecule has 11 nitrogen and oxygen atoms in total. The first-order chi connectivity index (χ1) is 17.0. The number of unbranched alkanes of at least 4 members (excludes halogenated alkanes) is 4. The fraction of sp³-hybridized carbons (Fsp3) is 0.708. The zero-order chi connectivity index (χ0) is 25.0. The van der Waals surface area contributed by atoms with E-state index in [4.69, 9.17) is 24.5 Å². The van der Waals surface area contributed by atoms with E-state index in [1.165, 1.54) is 0 Å². The molecule has 2 saturated heterocycles. The van der Waals surface area contributed by atoms with E-state index in [0.29, 0.717) is 6.42 Å². The summed E-state index contributed by atoms with van der Waals surface area (Å²) in [6, 6.07) is 8.46. The highest BCUT2D eigenvalue weighted by molar-refractivity contribution is 5.76. The normalized spacial score (nSPS) is 29.0. The standard InChI is InChI=1S/C24H36N4O7/c1-2-3-4-5-9-12-19(30)27-20-21(31)22-18(34-24(20)32-14-17(29)13-26-28-25)15-33-23(35-22)16-10-7-6-8-11-16/h6-8,10-11,17-18,20-24,29,31H,2-5,9,12-15H2,1H3,(H,27,30)/t17-,18-,20-,21-,22-,23?,24-/m1/s1. The van der Waals surface area contributed by atoms with Crippen LogP contribution in [0.3, 0.4) is 0 Å². The summed E-state index contributed by atoms with van der Waals surface area (Å²) in [7, 11) is 0. The maximum atomic E-state index is 12.7. The number of amides is 1. The molecule has 1 amide bonds. The lowest BCUT2D eigenvalue weighted by atomic mass is 9.95. The Morgan fingerprint density at radius 2 is 2.03 bits per heavy atom. The van der Waals surface area contributed by atoms with Crippen LogP contribution in [0.2, 0.25) is 0 Å². The van der Waals surface area contributed by atoms with Crippen molar-refractivity contribution < 1.29 is 34.0 Å². The maximum absolute atomic E-state index is 12.7. The highest BCUT2D eigenvalue weighted by Crippen LogP contribution is 2.34. The van der Waals surface area contributed by atoms with Gasteiger partial charge in [0.15, 0.2) is 12.6 Å². The number of nitrogens with one attached hydrogen (secondary N) is 1. The fourth-order valence-corrected chi connectivity index (χ4v) is 4.20. The Balaban J connectivity index is 1.65. The molecule has 2 fully saturated rings. The number of aliphatic hydroxyl groups is 2. The van der Waals surface area contributed by atoms with Gasteiger partial charge in [0, 0.05) is 16.9 Å². The van der Waals surface area contributed by atoms with Crippen molar-refractivity contribution in [3.63, 3.8) is 0 Å². The van der Waals surface area contributed by atoms with E-state index in [1.54, 1.807) is 0 Å². The summed E-state index contributed by atoms with van der Waals surface area (Å²) >= 11 is 0. The number of aliphatic hydroxyl groups excluding tert-OH is 2. The molecule has 3 N–H and O–H groups in total. The second kappa shape index (κ2) is 14.4. The molecule has 35 heavy (non-hydrogen) atoms. The largest absolute Gasteiger partial charge is 0.391 e. The van der Waals surface area contributed by atoms with Crippen LogP contribution < -0.4 is 5.32 Å². The molecule has 7 atom stereocenters. The molecule has 1 aromatic carbocycles. The second-order valence-electron chi connectivity index (χ2n) is 8.87.